The highest BCUT2D eigenvalue weighted by atomic mass is 16.5. The number of nitrogens with two attached hydrogens (primary N) is 1. The number of hydrogen-bond donors (Lipinski definition) is 3. The van der Waals surface area contributed by atoms with E-state index in [4.69, 9.17) is 20.7 Å². The average molecular weight is 211 g/mol. The van der Waals surface area contributed by atoms with Crippen LogP contribution in [0.3, 0.4) is 0 Å². The zero-order valence-electron chi connectivity index (χ0n) is 8.54. The highest BCUT2D eigenvalue weighted by Gasteiger charge is 2.13. The van der Waals surface area contributed by atoms with E-state index in [0.29, 0.717) is 6.61 Å². The zero-order chi connectivity index (χ0) is 11.1. The maximum Gasteiger partial charge on any atom is 0.0943 e. The fraction of sp³-hybridized carbons (Fsp3) is 0.455. The van der Waals surface area contributed by atoms with Gasteiger partial charge in [-0.25, -0.2) is 0 Å². The number of ether oxygens (including phenoxy) is 1. The largest absolute Gasteiger partial charge is 0.394 e. The standard InChI is InChI=1S/C11H17NO3/c12-10(11(14)6-13)8-15-7-9-4-2-1-3-5-9/h1-5,10-11,13-14H,6-8,12H2. The molecule has 4 nitrogen and oxygen atoms in total. The molecular formula is C11H17NO3. The molecule has 0 amide bonds. The molecule has 2 atom stereocenters. The molecular weight excluding hydrogens is 194 g/mol. The van der Waals surface area contributed by atoms with Crippen LogP contribution in [0.2, 0.25) is 0 Å². The van der Waals surface area contributed by atoms with Crippen LogP contribution in [0.15, 0.2) is 30.3 Å². The Labute approximate surface area is 89.3 Å². The quantitative estimate of drug-likeness (QED) is 0.613. The molecule has 0 heterocycles. The molecule has 4 N–H and O–H groups in total. The van der Waals surface area contributed by atoms with E-state index < -0.39 is 12.1 Å². The second kappa shape index (κ2) is 6.53. The molecule has 1 aromatic carbocycles. The number of hydrogen-bond acceptors (Lipinski definition) is 4. The Balaban J connectivity index is 2.22. The summed E-state index contributed by atoms with van der Waals surface area (Å²) in [6.45, 7) is 0.360. The summed E-state index contributed by atoms with van der Waals surface area (Å²) in [5.41, 5.74) is 6.62. The molecule has 0 saturated heterocycles. The SMILES string of the molecule is NC(COCc1ccccc1)C(O)CO. The molecule has 2 unspecified atom stereocenters. The van der Waals surface area contributed by atoms with Crippen molar-refractivity contribution in [3.63, 3.8) is 0 Å². The van der Waals surface area contributed by atoms with E-state index in [-0.39, 0.29) is 13.2 Å². The number of benzene rings is 1. The smallest absolute Gasteiger partial charge is 0.0943 e. The van der Waals surface area contributed by atoms with Crippen molar-refractivity contribution < 1.29 is 14.9 Å². The normalized spacial score (nSPS) is 14.9. The molecule has 0 aliphatic carbocycles. The molecule has 0 bridgehead atoms. The molecule has 4 heteroatoms. The molecule has 0 fully saturated rings. The Morgan fingerprint density at radius 2 is 1.93 bits per heavy atom. The van der Waals surface area contributed by atoms with E-state index in [1.165, 1.54) is 0 Å². The summed E-state index contributed by atoms with van der Waals surface area (Å²) in [5, 5.41) is 17.8. The molecule has 84 valence electrons. The number of rotatable bonds is 6. The van der Waals surface area contributed by atoms with Crippen molar-refractivity contribution >= 4 is 0 Å². The van der Waals surface area contributed by atoms with Crippen LogP contribution in [-0.4, -0.2) is 35.6 Å². The maximum atomic E-state index is 9.17. The molecule has 0 aliphatic rings. The molecule has 1 aromatic rings. The van der Waals surface area contributed by atoms with Gasteiger partial charge in [-0.3, -0.25) is 0 Å². The Bertz CT molecular complexity index is 266. The molecule has 0 radical (unpaired) electrons. The van der Waals surface area contributed by atoms with E-state index in [0.717, 1.165) is 5.56 Å². The van der Waals surface area contributed by atoms with E-state index in [2.05, 4.69) is 0 Å². The van der Waals surface area contributed by atoms with Crippen molar-refractivity contribution in [2.24, 2.45) is 5.73 Å². The monoisotopic (exact) mass is 211 g/mol. The highest BCUT2D eigenvalue weighted by molar-refractivity contribution is 5.13. The zero-order valence-corrected chi connectivity index (χ0v) is 8.54. The van der Waals surface area contributed by atoms with Gasteiger partial charge in [0.05, 0.1) is 32.0 Å². The Morgan fingerprint density at radius 3 is 2.53 bits per heavy atom. The van der Waals surface area contributed by atoms with Gasteiger partial charge in [-0.15, -0.1) is 0 Å². The van der Waals surface area contributed by atoms with Crippen LogP contribution in [0.25, 0.3) is 0 Å². The van der Waals surface area contributed by atoms with Gasteiger partial charge >= 0.3 is 0 Å². The van der Waals surface area contributed by atoms with Gasteiger partial charge in [0.2, 0.25) is 0 Å². The molecule has 0 spiro atoms. The first-order chi connectivity index (χ1) is 7.24. The van der Waals surface area contributed by atoms with Crippen molar-refractivity contribution in [3.8, 4) is 0 Å². The lowest BCUT2D eigenvalue weighted by Gasteiger charge is -2.16. The van der Waals surface area contributed by atoms with Gasteiger partial charge < -0.3 is 20.7 Å². The predicted molar refractivity (Wildman–Crippen MR) is 57.2 cm³/mol. The third-order valence-corrected chi connectivity index (χ3v) is 2.10. The topological polar surface area (TPSA) is 75.7 Å². The summed E-state index contributed by atoms with van der Waals surface area (Å²) in [5.74, 6) is 0. The summed E-state index contributed by atoms with van der Waals surface area (Å²) in [6, 6.07) is 9.16. The fourth-order valence-electron chi connectivity index (χ4n) is 1.13. The van der Waals surface area contributed by atoms with Crippen LogP contribution in [0, 0.1) is 0 Å². The predicted octanol–water partition coefficient (Wildman–Crippen LogP) is -0.116. The van der Waals surface area contributed by atoms with Crippen molar-refractivity contribution in [2.45, 2.75) is 18.8 Å². The van der Waals surface area contributed by atoms with Gasteiger partial charge in [0, 0.05) is 0 Å². The minimum absolute atomic E-state index is 0.233. The van der Waals surface area contributed by atoms with Crippen LogP contribution in [-0.2, 0) is 11.3 Å². The molecule has 0 aliphatic heterocycles. The second-order valence-electron chi connectivity index (χ2n) is 3.41. The van der Waals surface area contributed by atoms with Crippen molar-refractivity contribution in [1.82, 2.24) is 0 Å². The van der Waals surface area contributed by atoms with Crippen LogP contribution in [0.1, 0.15) is 5.56 Å². The first kappa shape index (κ1) is 12.1. The highest BCUT2D eigenvalue weighted by Crippen LogP contribution is 2.01. The number of aliphatic hydroxyl groups is 2. The van der Waals surface area contributed by atoms with Gasteiger partial charge in [0.15, 0.2) is 0 Å². The summed E-state index contributed by atoms with van der Waals surface area (Å²) in [7, 11) is 0. The van der Waals surface area contributed by atoms with Gasteiger partial charge in [0.1, 0.15) is 0 Å². The number of aliphatic hydroxyl groups excluding tert-OH is 2. The second-order valence-corrected chi connectivity index (χ2v) is 3.41. The first-order valence-corrected chi connectivity index (χ1v) is 4.90. The Morgan fingerprint density at radius 1 is 1.27 bits per heavy atom. The molecule has 15 heavy (non-hydrogen) atoms. The van der Waals surface area contributed by atoms with Crippen molar-refractivity contribution in [2.75, 3.05) is 13.2 Å². The van der Waals surface area contributed by atoms with E-state index >= 15 is 0 Å². The van der Waals surface area contributed by atoms with E-state index in [9.17, 15) is 0 Å². The molecule has 0 saturated carbocycles. The lowest BCUT2D eigenvalue weighted by molar-refractivity contribution is 0.0264. The van der Waals surface area contributed by atoms with Crippen molar-refractivity contribution in [3.05, 3.63) is 35.9 Å². The third kappa shape index (κ3) is 4.40. The first-order valence-electron chi connectivity index (χ1n) is 4.90. The average Bonchev–Trinajstić information content (AvgIpc) is 2.29. The molecule has 1 rings (SSSR count). The van der Waals surface area contributed by atoms with E-state index in [1.54, 1.807) is 0 Å². The van der Waals surface area contributed by atoms with Gasteiger partial charge in [0.25, 0.3) is 0 Å². The van der Waals surface area contributed by atoms with Gasteiger partial charge in [-0.2, -0.15) is 0 Å². The summed E-state index contributed by atoms with van der Waals surface area (Å²) in [6.07, 6.45) is -0.916. The van der Waals surface area contributed by atoms with Crippen LogP contribution >= 0.6 is 0 Å². The lowest BCUT2D eigenvalue weighted by atomic mass is 10.2. The van der Waals surface area contributed by atoms with Crippen LogP contribution < -0.4 is 5.73 Å². The van der Waals surface area contributed by atoms with E-state index in [1.807, 2.05) is 30.3 Å². The van der Waals surface area contributed by atoms with Crippen LogP contribution in [0.4, 0.5) is 0 Å². The summed E-state index contributed by atoms with van der Waals surface area (Å²) in [4.78, 5) is 0. The summed E-state index contributed by atoms with van der Waals surface area (Å²) < 4.78 is 5.31. The Kier molecular flexibility index (Phi) is 5.28. The van der Waals surface area contributed by atoms with Crippen molar-refractivity contribution in [1.29, 1.82) is 0 Å². The third-order valence-electron chi connectivity index (χ3n) is 2.10. The lowest BCUT2D eigenvalue weighted by Crippen LogP contribution is -2.40. The maximum absolute atomic E-state index is 9.17. The molecule has 0 aromatic heterocycles. The Hall–Kier alpha value is -0.940. The minimum Gasteiger partial charge on any atom is -0.394 e. The van der Waals surface area contributed by atoms with Gasteiger partial charge in [-0.05, 0) is 5.56 Å². The van der Waals surface area contributed by atoms with Gasteiger partial charge in [-0.1, -0.05) is 30.3 Å². The van der Waals surface area contributed by atoms with Crippen LogP contribution in [0.5, 0.6) is 0 Å². The summed E-state index contributed by atoms with van der Waals surface area (Å²) >= 11 is 0. The fourth-order valence-corrected chi connectivity index (χ4v) is 1.13. The minimum atomic E-state index is -0.916.